The van der Waals surface area contributed by atoms with E-state index in [2.05, 4.69) is 49.9 Å². The van der Waals surface area contributed by atoms with Gasteiger partial charge in [0.25, 0.3) is 0 Å². The molecular formula is C38H52N4O5. The van der Waals surface area contributed by atoms with E-state index in [1.807, 2.05) is 46.8 Å². The van der Waals surface area contributed by atoms with E-state index in [0.29, 0.717) is 11.7 Å². The number of Topliss-reactive ketones (excluding diaryl/α,β-unsaturated/α-hetero) is 1. The van der Waals surface area contributed by atoms with Gasteiger partial charge in [-0.05, 0) is 99.9 Å². The predicted molar refractivity (Wildman–Crippen MR) is 177 cm³/mol. The highest BCUT2D eigenvalue weighted by Gasteiger charge is 2.70. The lowest BCUT2D eigenvalue weighted by Gasteiger charge is -2.69. The molecule has 1 heterocycles. The highest BCUT2D eigenvalue weighted by atomic mass is 16.6. The van der Waals surface area contributed by atoms with Crippen LogP contribution in [0.25, 0.3) is 4.85 Å². The number of nitrogens with one attached hydrogen (secondary N) is 1. The Hall–Kier alpha value is -3.28. The molecule has 1 aromatic heterocycles. The minimum Gasteiger partial charge on any atom is -0.444 e. The summed E-state index contributed by atoms with van der Waals surface area (Å²) in [6, 6.07) is 0. The van der Waals surface area contributed by atoms with Gasteiger partial charge in [0.1, 0.15) is 12.1 Å². The summed E-state index contributed by atoms with van der Waals surface area (Å²) >= 11 is 0. The van der Waals surface area contributed by atoms with Crippen molar-refractivity contribution in [1.82, 2.24) is 15.5 Å². The van der Waals surface area contributed by atoms with Gasteiger partial charge in [0.2, 0.25) is 11.6 Å². The van der Waals surface area contributed by atoms with Crippen LogP contribution in [0, 0.1) is 51.4 Å². The Morgan fingerprint density at radius 3 is 2.40 bits per heavy atom. The minimum absolute atomic E-state index is 0.0145. The molecule has 254 valence electrons. The highest BCUT2D eigenvalue weighted by molar-refractivity contribution is 6.03. The lowest BCUT2D eigenvalue weighted by Crippen LogP contribution is -2.65. The average molecular weight is 645 g/mol. The maximum Gasteiger partial charge on any atom is 0.408 e. The monoisotopic (exact) mass is 644 g/mol. The van der Waals surface area contributed by atoms with Crippen molar-refractivity contribution >= 4 is 17.7 Å². The van der Waals surface area contributed by atoms with E-state index >= 15 is 0 Å². The summed E-state index contributed by atoms with van der Waals surface area (Å²) in [5.41, 5.74) is -1.54. The Kier molecular flexibility index (Phi) is 7.41. The van der Waals surface area contributed by atoms with Gasteiger partial charge in [0, 0.05) is 22.2 Å². The quantitative estimate of drug-likeness (QED) is 0.332. The summed E-state index contributed by atoms with van der Waals surface area (Å²) in [4.78, 5) is 49.1. The molecule has 1 amide bonds. The maximum absolute atomic E-state index is 14.8. The fraction of sp³-hybridized carbons (Fsp3) is 0.737. The Morgan fingerprint density at radius 1 is 1.06 bits per heavy atom. The fourth-order valence-corrected chi connectivity index (χ4v) is 11.0. The van der Waals surface area contributed by atoms with E-state index in [9.17, 15) is 14.4 Å². The summed E-state index contributed by atoms with van der Waals surface area (Å²) in [5, 5.41) is 7.26. The van der Waals surface area contributed by atoms with Crippen LogP contribution >= 0.6 is 0 Å². The van der Waals surface area contributed by atoms with Crippen LogP contribution in [0.3, 0.4) is 0 Å². The molecule has 0 saturated heterocycles. The molecule has 9 heteroatoms. The van der Waals surface area contributed by atoms with Gasteiger partial charge in [-0.2, -0.15) is 4.98 Å². The average Bonchev–Trinajstić information content (AvgIpc) is 3.44. The number of nitrogens with zero attached hydrogens (tertiary/aromatic N) is 3. The summed E-state index contributed by atoms with van der Waals surface area (Å²) < 4.78 is 11.1. The zero-order valence-corrected chi connectivity index (χ0v) is 29.9. The van der Waals surface area contributed by atoms with Crippen molar-refractivity contribution in [2.45, 2.75) is 132 Å². The summed E-state index contributed by atoms with van der Waals surface area (Å²) in [6.07, 6.45) is 9.45. The van der Waals surface area contributed by atoms with E-state index in [1.165, 1.54) is 0 Å². The molecule has 0 unspecified atom stereocenters. The normalized spacial score (nSPS) is 38.8. The molecule has 0 bridgehead atoms. The number of rotatable bonds is 3. The van der Waals surface area contributed by atoms with Crippen LogP contribution in [-0.4, -0.2) is 33.4 Å². The maximum atomic E-state index is 14.8. The van der Waals surface area contributed by atoms with Gasteiger partial charge in [-0.15, -0.1) is 0 Å². The van der Waals surface area contributed by atoms with Gasteiger partial charge in [-0.25, -0.2) is 9.64 Å². The zero-order chi connectivity index (χ0) is 34.6. The largest absolute Gasteiger partial charge is 0.444 e. The number of ether oxygens (including phenoxy) is 1. The van der Waals surface area contributed by atoms with Crippen LogP contribution in [0.4, 0.5) is 4.79 Å². The Labute approximate surface area is 279 Å². The van der Waals surface area contributed by atoms with Gasteiger partial charge in [-0.3, -0.25) is 4.79 Å². The van der Waals surface area contributed by atoms with Crippen LogP contribution < -0.4 is 5.32 Å². The first-order valence-electron chi connectivity index (χ1n) is 17.4. The van der Waals surface area contributed by atoms with E-state index in [1.54, 1.807) is 0 Å². The number of allylic oxidation sites excluding steroid dienone is 4. The summed E-state index contributed by atoms with van der Waals surface area (Å²) in [7, 11) is 0. The van der Waals surface area contributed by atoms with Crippen molar-refractivity contribution in [2.75, 3.05) is 0 Å². The van der Waals surface area contributed by atoms with Crippen molar-refractivity contribution < 1.29 is 23.6 Å². The molecule has 0 aromatic carbocycles. The lowest BCUT2D eigenvalue weighted by atomic mass is 9.34. The molecule has 9 nitrogen and oxygen atoms in total. The second-order valence-electron chi connectivity index (χ2n) is 18.3. The van der Waals surface area contributed by atoms with Crippen LogP contribution in [-0.2, 0) is 26.3 Å². The molecular weight excluding hydrogens is 592 g/mol. The second-order valence-corrected chi connectivity index (χ2v) is 18.3. The number of fused-ring (bicyclic) bond motifs is 7. The molecule has 1 N–H and O–H groups in total. The Bertz CT molecular complexity index is 1640. The van der Waals surface area contributed by atoms with Gasteiger partial charge in [0.05, 0.1) is 6.57 Å². The molecule has 5 aliphatic rings. The van der Waals surface area contributed by atoms with Crippen molar-refractivity contribution in [3.63, 3.8) is 0 Å². The van der Waals surface area contributed by atoms with Crippen molar-refractivity contribution in [2.24, 2.45) is 44.8 Å². The van der Waals surface area contributed by atoms with E-state index in [4.69, 9.17) is 20.8 Å². The minimum atomic E-state index is -0.684. The first-order valence-corrected chi connectivity index (χ1v) is 17.4. The number of aromatic nitrogens is 2. The van der Waals surface area contributed by atoms with E-state index in [0.717, 1.165) is 50.5 Å². The molecule has 7 atom stereocenters. The first kappa shape index (κ1) is 33.6. The number of hydrogen-bond donors (Lipinski definition) is 1. The number of amides is 1. The van der Waals surface area contributed by atoms with Gasteiger partial charge in [-0.1, -0.05) is 65.3 Å². The van der Waals surface area contributed by atoms with Crippen molar-refractivity contribution in [1.29, 1.82) is 0 Å². The molecule has 3 fully saturated rings. The van der Waals surface area contributed by atoms with Crippen LogP contribution in [0.1, 0.15) is 126 Å². The smallest absolute Gasteiger partial charge is 0.408 e. The van der Waals surface area contributed by atoms with Crippen LogP contribution in [0.5, 0.6) is 0 Å². The second kappa shape index (κ2) is 10.4. The molecule has 6 rings (SSSR count). The van der Waals surface area contributed by atoms with E-state index in [-0.39, 0.29) is 57.8 Å². The number of ketones is 2. The SMILES string of the molecule is [C-]#[N+]C1=C[C@]2(C)C3=CC(=O)[C@@H]4[C@@H]5CC(C)(C)CC[C@]5(c5noc(CNC(=O)OC(C)(C)C)n5)CC[C@@]4(C)[C@]3(C)CC[C@H]2C(C)(C)C1=O. The first-order chi connectivity index (χ1) is 21.6. The lowest BCUT2D eigenvalue weighted by molar-refractivity contribution is -0.160. The molecule has 1 aromatic rings. The molecule has 5 aliphatic carbocycles. The molecule has 0 spiro atoms. The van der Waals surface area contributed by atoms with Gasteiger partial charge in [0.15, 0.2) is 17.4 Å². The number of alkyl carbamates (subject to hydrolysis) is 1. The Balaban J connectivity index is 1.40. The van der Waals surface area contributed by atoms with Crippen LogP contribution in [0.2, 0.25) is 0 Å². The van der Waals surface area contributed by atoms with E-state index < -0.39 is 27.9 Å². The molecule has 47 heavy (non-hydrogen) atoms. The van der Waals surface area contributed by atoms with Crippen LogP contribution in [0.15, 0.2) is 27.9 Å². The predicted octanol–water partition coefficient (Wildman–Crippen LogP) is 7.92. The van der Waals surface area contributed by atoms with Gasteiger partial charge < -0.3 is 19.4 Å². The number of carbonyl (C=O) groups is 3. The van der Waals surface area contributed by atoms with Crippen molar-refractivity contribution in [3.05, 3.63) is 46.6 Å². The number of carbonyl (C=O) groups excluding carboxylic acids is 3. The highest BCUT2D eigenvalue weighted by Crippen LogP contribution is 2.74. The standard InChI is InChI=1S/C38H52N4O5/c1-32(2,3)46-31(45)40-21-27-41-30(42-47-27)38-16-14-33(4,5)19-22(38)28-24(43)18-26-35(8)20-23(39-11)29(44)34(6,7)25(35)12-13-36(26,9)37(28,10)15-17-38/h18,20,22,25,28H,12-17,19,21H2,1-10H3,(H,40,45)/t22-,25-,28-,35-,36+,37+,38-/m0/s1. The summed E-state index contributed by atoms with van der Waals surface area (Å²) in [6.45, 7) is 28.8. The summed E-state index contributed by atoms with van der Waals surface area (Å²) in [5.74, 6) is 0.832. The third-order valence-corrected chi connectivity index (χ3v) is 13.5. The zero-order valence-electron chi connectivity index (χ0n) is 29.9. The molecule has 0 aliphatic heterocycles. The topological polar surface area (TPSA) is 116 Å². The third kappa shape index (κ3) is 4.86. The third-order valence-electron chi connectivity index (χ3n) is 13.5. The van der Waals surface area contributed by atoms with Gasteiger partial charge >= 0.3 is 6.09 Å². The number of hydrogen-bond acceptors (Lipinski definition) is 7. The Morgan fingerprint density at radius 2 is 1.74 bits per heavy atom. The molecule has 3 saturated carbocycles. The molecule has 0 radical (unpaired) electrons. The van der Waals surface area contributed by atoms with Crippen molar-refractivity contribution in [3.8, 4) is 0 Å². The fourth-order valence-electron chi connectivity index (χ4n) is 11.0.